The van der Waals surface area contributed by atoms with Crippen molar-refractivity contribution in [1.82, 2.24) is 25.2 Å². The molecule has 0 aliphatic heterocycles. The minimum absolute atomic E-state index is 0.0389. The molecular weight excluding hydrogens is 325 g/mol. The quantitative estimate of drug-likeness (QED) is 0.860. The van der Waals surface area contributed by atoms with Gasteiger partial charge in [-0.3, -0.25) is 10.00 Å². The summed E-state index contributed by atoms with van der Waals surface area (Å²) in [5, 5.41) is 10.2. The predicted molar refractivity (Wildman–Crippen MR) is 79.8 cm³/mol. The Hall–Kier alpha value is -1.94. The van der Waals surface area contributed by atoms with Crippen LogP contribution in [-0.4, -0.2) is 26.1 Å². The van der Waals surface area contributed by atoms with E-state index in [0.717, 1.165) is 0 Å². The second-order valence-electron chi connectivity index (χ2n) is 6.30. The molecular formula is C14H21F3N6O. The molecule has 2 rings (SSSR count). The summed E-state index contributed by atoms with van der Waals surface area (Å²) in [6.07, 6.45) is -4.49. The molecule has 7 nitrogen and oxygen atoms in total. The molecule has 0 bridgehead atoms. The van der Waals surface area contributed by atoms with Gasteiger partial charge in [0.05, 0.1) is 17.8 Å². The maximum Gasteiger partial charge on any atom is 0.408 e. The Morgan fingerprint density at radius 1 is 1.29 bits per heavy atom. The van der Waals surface area contributed by atoms with E-state index in [1.165, 1.54) is 4.68 Å². The van der Waals surface area contributed by atoms with Crippen LogP contribution < -0.4 is 11.1 Å². The van der Waals surface area contributed by atoms with Gasteiger partial charge >= 0.3 is 6.18 Å². The summed E-state index contributed by atoms with van der Waals surface area (Å²) in [4.78, 5) is 4.03. The monoisotopic (exact) mass is 346 g/mol. The van der Waals surface area contributed by atoms with E-state index in [0.29, 0.717) is 11.4 Å². The van der Waals surface area contributed by atoms with Crippen molar-refractivity contribution >= 4 is 0 Å². The number of rotatable bonds is 5. The number of nitrogens with two attached hydrogens (primary N) is 1. The Bertz CT molecular complexity index is 713. The molecule has 134 valence electrons. The molecule has 0 aliphatic carbocycles. The maximum atomic E-state index is 13.5. The average molecular weight is 346 g/mol. The van der Waals surface area contributed by atoms with Crippen molar-refractivity contribution in [2.45, 2.75) is 52.0 Å². The van der Waals surface area contributed by atoms with Crippen molar-refractivity contribution in [1.29, 1.82) is 0 Å². The molecule has 10 heteroatoms. The van der Waals surface area contributed by atoms with E-state index in [4.69, 9.17) is 10.3 Å². The summed E-state index contributed by atoms with van der Waals surface area (Å²) >= 11 is 0. The van der Waals surface area contributed by atoms with Crippen LogP contribution >= 0.6 is 0 Å². The Morgan fingerprint density at radius 2 is 1.92 bits per heavy atom. The second-order valence-corrected chi connectivity index (χ2v) is 6.30. The molecule has 1 unspecified atom stereocenters. The highest BCUT2D eigenvalue weighted by Gasteiger charge is 2.43. The van der Waals surface area contributed by atoms with E-state index >= 15 is 0 Å². The first-order valence-electron chi connectivity index (χ1n) is 7.33. The van der Waals surface area contributed by atoms with Crippen LogP contribution in [0, 0.1) is 13.8 Å². The summed E-state index contributed by atoms with van der Waals surface area (Å²) in [5.41, 5.74) is 5.86. The first-order chi connectivity index (χ1) is 10.9. The predicted octanol–water partition coefficient (Wildman–Crippen LogP) is 2.01. The Labute approximate surface area is 137 Å². The van der Waals surface area contributed by atoms with Gasteiger partial charge < -0.3 is 10.3 Å². The lowest BCUT2D eigenvalue weighted by Gasteiger charge is -2.21. The third-order valence-corrected chi connectivity index (χ3v) is 3.68. The first-order valence-corrected chi connectivity index (χ1v) is 7.33. The lowest BCUT2D eigenvalue weighted by atomic mass is 10.0. The number of nitrogens with one attached hydrogen (secondary N) is 1. The van der Waals surface area contributed by atoms with Crippen molar-refractivity contribution < 1.29 is 17.7 Å². The van der Waals surface area contributed by atoms with Gasteiger partial charge in [0.2, 0.25) is 5.89 Å². The van der Waals surface area contributed by atoms with Crippen molar-refractivity contribution in [3.8, 4) is 0 Å². The van der Waals surface area contributed by atoms with E-state index in [2.05, 4.69) is 20.6 Å². The summed E-state index contributed by atoms with van der Waals surface area (Å²) in [6, 6.07) is -1.88. The maximum absolute atomic E-state index is 13.5. The Kier molecular flexibility index (Phi) is 4.73. The third-order valence-electron chi connectivity index (χ3n) is 3.68. The summed E-state index contributed by atoms with van der Waals surface area (Å²) in [5.74, 6) is 0.272. The van der Waals surface area contributed by atoms with E-state index in [9.17, 15) is 13.2 Å². The smallest absolute Gasteiger partial charge is 0.338 e. The summed E-state index contributed by atoms with van der Waals surface area (Å²) in [6.45, 7) is 6.26. The fourth-order valence-corrected chi connectivity index (χ4v) is 2.37. The molecule has 2 heterocycles. The lowest BCUT2D eigenvalue weighted by molar-refractivity contribution is -0.158. The van der Waals surface area contributed by atoms with Crippen molar-refractivity contribution in [3.63, 3.8) is 0 Å². The zero-order valence-corrected chi connectivity index (χ0v) is 14.2. The van der Waals surface area contributed by atoms with Crippen molar-refractivity contribution in [3.05, 3.63) is 28.7 Å². The van der Waals surface area contributed by atoms with Crippen LogP contribution in [0.15, 0.2) is 4.52 Å². The van der Waals surface area contributed by atoms with E-state index in [-0.39, 0.29) is 23.8 Å². The minimum atomic E-state index is -4.49. The van der Waals surface area contributed by atoms with Gasteiger partial charge in [0, 0.05) is 18.3 Å². The van der Waals surface area contributed by atoms with Gasteiger partial charge in [0.15, 0.2) is 5.82 Å². The molecule has 0 saturated heterocycles. The minimum Gasteiger partial charge on any atom is -0.338 e. The van der Waals surface area contributed by atoms with Gasteiger partial charge in [0.1, 0.15) is 6.04 Å². The van der Waals surface area contributed by atoms with E-state index < -0.39 is 17.8 Å². The highest BCUT2D eigenvalue weighted by Crippen LogP contribution is 2.36. The molecule has 0 radical (unpaired) electrons. The standard InChI is InChI=1S/C14H21F3N6O/c1-7-10(8(2)23(5)21-7)11(14(15,16)17)19-6-9-20-12(22-24-9)13(3,4)18/h11,19H,6,18H2,1-5H3. The number of nitrogens with zero attached hydrogens (tertiary/aromatic N) is 4. The van der Waals surface area contributed by atoms with Gasteiger partial charge in [-0.2, -0.15) is 23.3 Å². The molecule has 0 spiro atoms. The van der Waals surface area contributed by atoms with E-state index in [1.807, 2.05) is 0 Å². The molecule has 3 N–H and O–H groups in total. The molecule has 0 amide bonds. The molecule has 0 aliphatic rings. The first kappa shape index (κ1) is 18.4. The fraction of sp³-hybridized carbons (Fsp3) is 0.643. The summed E-state index contributed by atoms with van der Waals surface area (Å²) in [7, 11) is 1.60. The molecule has 2 aromatic heterocycles. The van der Waals surface area contributed by atoms with Crippen LogP contribution in [0.3, 0.4) is 0 Å². The Morgan fingerprint density at radius 3 is 2.33 bits per heavy atom. The molecule has 24 heavy (non-hydrogen) atoms. The lowest BCUT2D eigenvalue weighted by Crippen LogP contribution is -2.35. The van der Waals surface area contributed by atoms with Gasteiger partial charge in [0.25, 0.3) is 0 Å². The average Bonchev–Trinajstić information content (AvgIpc) is 2.97. The number of aryl methyl sites for hydroxylation is 2. The zero-order valence-electron chi connectivity index (χ0n) is 14.2. The highest BCUT2D eigenvalue weighted by molar-refractivity contribution is 5.29. The second kappa shape index (κ2) is 6.17. The van der Waals surface area contributed by atoms with Crippen molar-refractivity contribution in [2.75, 3.05) is 0 Å². The molecule has 1 atom stereocenters. The largest absolute Gasteiger partial charge is 0.408 e. The number of halogens is 3. The number of hydrogen-bond donors (Lipinski definition) is 2. The van der Waals surface area contributed by atoms with E-state index in [1.54, 1.807) is 34.7 Å². The van der Waals surface area contributed by atoms with Crippen LogP contribution in [0.25, 0.3) is 0 Å². The van der Waals surface area contributed by atoms with Crippen LogP contribution in [0.5, 0.6) is 0 Å². The molecule has 0 saturated carbocycles. The fourth-order valence-electron chi connectivity index (χ4n) is 2.37. The van der Waals surface area contributed by atoms with Gasteiger partial charge in [-0.05, 0) is 27.7 Å². The third kappa shape index (κ3) is 3.75. The van der Waals surface area contributed by atoms with Crippen LogP contribution in [0.4, 0.5) is 13.2 Å². The SMILES string of the molecule is Cc1nn(C)c(C)c1C(NCc1nc(C(C)(C)N)no1)C(F)(F)F. The molecule has 2 aromatic rings. The molecule has 0 aromatic carbocycles. The van der Waals surface area contributed by atoms with Gasteiger partial charge in [-0.15, -0.1) is 0 Å². The Balaban J connectivity index is 2.24. The number of aromatic nitrogens is 4. The number of alkyl halides is 3. The topological polar surface area (TPSA) is 94.8 Å². The highest BCUT2D eigenvalue weighted by atomic mass is 19.4. The van der Waals surface area contributed by atoms with Crippen molar-refractivity contribution in [2.24, 2.45) is 12.8 Å². The summed E-state index contributed by atoms with van der Waals surface area (Å²) < 4.78 is 46.8. The van der Waals surface area contributed by atoms with Gasteiger partial charge in [-0.25, -0.2) is 0 Å². The molecule has 0 fully saturated rings. The van der Waals surface area contributed by atoms with Crippen LogP contribution in [0.2, 0.25) is 0 Å². The van der Waals surface area contributed by atoms with Gasteiger partial charge in [-0.1, -0.05) is 5.16 Å². The van der Waals surface area contributed by atoms with Crippen LogP contribution in [-0.2, 0) is 19.1 Å². The normalized spacial score (nSPS) is 14.2. The van der Waals surface area contributed by atoms with Crippen LogP contribution in [0.1, 0.15) is 48.6 Å². The zero-order chi connectivity index (χ0) is 18.3. The number of hydrogen-bond acceptors (Lipinski definition) is 6.